The fraction of sp³-hybridized carbons (Fsp3) is 1.00. The lowest BCUT2D eigenvalue weighted by molar-refractivity contribution is 0.0505. The third-order valence-electron chi connectivity index (χ3n) is 5.21. The molecule has 0 amide bonds. The second-order valence-corrected chi connectivity index (χ2v) is 7.82. The SMILES string of the molecule is CCC1CNC(C(C)C)CN1C1CCC(SC)CC1. The average molecular weight is 285 g/mol. The molecule has 0 spiro atoms. The molecule has 1 saturated heterocycles. The maximum Gasteiger partial charge on any atom is 0.0221 e. The van der Waals surface area contributed by atoms with E-state index < -0.39 is 0 Å². The van der Waals surface area contributed by atoms with E-state index in [1.165, 1.54) is 45.2 Å². The molecule has 1 aliphatic heterocycles. The zero-order valence-corrected chi connectivity index (χ0v) is 14.0. The molecule has 0 aromatic carbocycles. The Morgan fingerprint density at radius 1 is 1.21 bits per heavy atom. The fourth-order valence-corrected chi connectivity index (χ4v) is 4.47. The Bertz CT molecular complexity index is 261. The van der Waals surface area contributed by atoms with Crippen molar-refractivity contribution in [2.45, 2.75) is 76.3 Å². The van der Waals surface area contributed by atoms with Crippen LogP contribution in [0.3, 0.4) is 0 Å². The van der Waals surface area contributed by atoms with Crippen molar-refractivity contribution in [1.29, 1.82) is 0 Å². The average Bonchev–Trinajstić information content (AvgIpc) is 2.46. The number of nitrogens with zero attached hydrogens (tertiary/aromatic N) is 1. The van der Waals surface area contributed by atoms with Crippen molar-refractivity contribution < 1.29 is 0 Å². The predicted molar refractivity (Wildman–Crippen MR) is 87.0 cm³/mol. The van der Waals surface area contributed by atoms with E-state index in [0.717, 1.165) is 23.3 Å². The monoisotopic (exact) mass is 284 g/mol. The van der Waals surface area contributed by atoms with Gasteiger partial charge in [0, 0.05) is 36.5 Å². The molecule has 2 aliphatic rings. The lowest BCUT2D eigenvalue weighted by atomic mass is 9.89. The van der Waals surface area contributed by atoms with Gasteiger partial charge in [-0.05, 0) is 44.3 Å². The summed E-state index contributed by atoms with van der Waals surface area (Å²) in [5.41, 5.74) is 0. The van der Waals surface area contributed by atoms with E-state index in [2.05, 4.69) is 49.0 Å². The van der Waals surface area contributed by atoms with Crippen LogP contribution in [0.15, 0.2) is 0 Å². The normalized spacial score (nSPS) is 37.7. The zero-order chi connectivity index (χ0) is 13.8. The van der Waals surface area contributed by atoms with Gasteiger partial charge >= 0.3 is 0 Å². The highest BCUT2D eigenvalue weighted by molar-refractivity contribution is 7.99. The number of hydrogen-bond donors (Lipinski definition) is 1. The van der Waals surface area contributed by atoms with Gasteiger partial charge in [-0.3, -0.25) is 4.90 Å². The first-order valence-electron chi connectivity index (χ1n) is 8.17. The molecule has 2 atom stereocenters. The molecule has 3 heteroatoms. The summed E-state index contributed by atoms with van der Waals surface area (Å²) in [6.45, 7) is 9.52. The molecule has 2 nitrogen and oxygen atoms in total. The van der Waals surface area contributed by atoms with Crippen molar-refractivity contribution in [2.24, 2.45) is 5.92 Å². The highest BCUT2D eigenvalue weighted by Crippen LogP contribution is 2.32. The molecule has 1 heterocycles. The van der Waals surface area contributed by atoms with Crippen LogP contribution in [-0.4, -0.2) is 47.6 Å². The van der Waals surface area contributed by atoms with Crippen LogP contribution in [0, 0.1) is 5.92 Å². The Kier molecular flexibility index (Phi) is 6.04. The van der Waals surface area contributed by atoms with E-state index in [1.54, 1.807) is 0 Å². The number of hydrogen-bond acceptors (Lipinski definition) is 3. The Morgan fingerprint density at radius 3 is 2.42 bits per heavy atom. The molecule has 112 valence electrons. The van der Waals surface area contributed by atoms with Gasteiger partial charge in [-0.1, -0.05) is 20.8 Å². The van der Waals surface area contributed by atoms with Crippen LogP contribution < -0.4 is 5.32 Å². The summed E-state index contributed by atoms with van der Waals surface area (Å²) in [4.78, 5) is 2.86. The standard InChI is InChI=1S/C16H32N2S/c1-5-13-10-17-16(12(2)3)11-18(13)14-6-8-15(19-4)9-7-14/h12-17H,5-11H2,1-4H3. The topological polar surface area (TPSA) is 15.3 Å². The summed E-state index contributed by atoms with van der Waals surface area (Å²) in [6.07, 6.45) is 9.27. The molecule has 19 heavy (non-hydrogen) atoms. The quantitative estimate of drug-likeness (QED) is 0.852. The van der Waals surface area contributed by atoms with E-state index in [0.29, 0.717) is 6.04 Å². The number of piperazine rings is 1. The largest absolute Gasteiger partial charge is 0.311 e. The molecule has 0 radical (unpaired) electrons. The fourth-order valence-electron chi connectivity index (χ4n) is 3.73. The molecule has 1 N–H and O–H groups in total. The second-order valence-electron chi connectivity index (χ2n) is 6.68. The second kappa shape index (κ2) is 7.33. The van der Waals surface area contributed by atoms with Crippen LogP contribution in [0.25, 0.3) is 0 Å². The highest BCUT2D eigenvalue weighted by atomic mass is 32.2. The van der Waals surface area contributed by atoms with E-state index in [1.807, 2.05) is 0 Å². The lowest BCUT2D eigenvalue weighted by Crippen LogP contribution is -2.61. The number of nitrogens with one attached hydrogen (secondary N) is 1. The van der Waals surface area contributed by atoms with E-state index >= 15 is 0 Å². The van der Waals surface area contributed by atoms with Crippen molar-refractivity contribution in [3.63, 3.8) is 0 Å². The van der Waals surface area contributed by atoms with Gasteiger partial charge in [-0.15, -0.1) is 0 Å². The van der Waals surface area contributed by atoms with Crippen molar-refractivity contribution in [3.8, 4) is 0 Å². The summed E-state index contributed by atoms with van der Waals surface area (Å²) in [7, 11) is 0. The molecule has 0 aromatic heterocycles. The summed E-state index contributed by atoms with van der Waals surface area (Å²) < 4.78 is 0. The molecular weight excluding hydrogens is 252 g/mol. The first kappa shape index (κ1) is 15.7. The molecule has 0 bridgehead atoms. The highest BCUT2D eigenvalue weighted by Gasteiger charge is 2.34. The summed E-state index contributed by atoms with van der Waals surface area (Å²) >= 11 is 2.08. The van der Waals surface area contributed by atoms with Crippen LogP contribution in [-0.2, 0) is 0 Å². The molecule has 0 aromatic rings. The zero-order valence-electron chi connectivity index (χ0n) is 13.2. The van der Waals surface area contributed by atoms with Crippen LogP contribution in [0.4, 0.5) is 0 Å². The molecular formula is C16H32N2S. The van der Waals surface area contributed by atoms with Crippen LogP contribution in [0.1, 0.15) is 52.9 Å². The van der Waals surface area contributed by atoms with Gasteiger partial charge in [0.15, 0.2) is 0 Å². The van der Waals surface area contributed by atoms with Crippen molar-refractivity contribution in [3.05, 3.63) is 0 Å². The lowest BCUT2D eigenvalue weighted by Gasteiger charge is -2.47. The van der Waals surface area contributed by atoms with Crippen molar-refractivity contribution >= 4 is 11.8 Å². The number of thioether (sulfide) groups is 1. The maximum absolute atomic E-state index is 3.76. The Hall–Kier alpha value is 0.270. The summed E-state index contributed by atoms with van der Waals surface area (Å²) in [5, 5.41) is 4.69. The van der Waals surface area contributed by atoms with E-state index in [4.69, 9.17) is 0 Å². The van der Waals surface area contributed by atoms with Gasteiger partial charge in [-0.25, -0.2) is 0 Å². The molecule has 1 aliphatic carbocycles. The minimum atomic E-state index is 0.695. The Balaban J connectivity index is 1.94. The minimum Gasteiger partial charge on any atom is -0.311 e. The Morgan fingerprint density at radius 2 is 1.89 bits per heavy atom. The molecule has 2 fully saturated rings. The third-order valence-corrected chi connectivity index (χ3v) is 6.35. The van der Waals surface area contributed by atoms with Crippen LogP contribution in [0.5, 0.6) is 0 Å². The van der Waals surface area contributed by atoms with Gasteiger partial charge in [0.2, 0.25) is 0 Å². The van der Waals surface area contributed by atoms with E-state index in [-0.39, 0.29) is 0 Å². The Labute approximate surface area is 124 Å². The summed E-state index contributed by atoms with van der Waals surface area (Å²) in [6, 6.07) is 2.32. The van der Waals surface area contributed by atoms with E-state index in [9.17, 15) is 0 Å². The third kappa shape index (κ3) is 3.89. The van der Waals surface area contributed by atoms with Crippen LogP contribution in [0.2, 0.25) is 0 Å². The molecule has 2 unspecified atom stereocenters. The van der Waals surface area contributed by atoms with Gasteiger partial charge in [0.05, 0.1) is 0 Å². The van der Waals surface area contributed by atoms with Gasteiger partial charge in [-0.2, -0.15) is 11.8 Å². The van der Waals surface area contributed by atoms with Crippen LogP contribution >= 0.6 is 11.8 Å². The number of rotatable bonds is 4. The first-order valence-corrected chi connectivity index (χ1v) is 9.46. The molecule has 2 rings (SSSR count). The first-order chi connectivity index (χ1) is 9.15. The summed E-state index contributed by atoms with van der Waals surface area (Å²) in [5.74, 6) is 0.753. The van der Waals surface area contributed by atoms with Gasteiger partial charge in [0.1, 0.15) is 0 Å². The maximum atomic E-state index is 3.76. The van der Waals surface area contributed by atoms with Gasteiger partial charge < -0.3 is 5.32 Å². The van der Waals surface area contributed by atoms with Crippen molar-refractivity contribution in [1.82, 2.24) is 10.2 Å². The predicted octanol–water partition coefficient (Wildman–Crippen LogP) is 3.37. The van der Waals surface area contributed by atoms with Crippen molar-refractivity contribution in [2.75, 3.05) is 19.3 Å². The minimum absolute atomic E-state index is 0.695. The van der Waals surface area contributed by atoms with Gasteiger partial charge in [0.25, 0.3) is 0 Å². The smallest absolute Gasteiger partial charge is 0.0221 e. The molecule has 1 saturated carbocycles.